The predicted molar refractivity (Wildman–Crippen MR) is 97.1 cm³/mol. The Morgan fingerprint density at radius 2 is 1.88 bits per heavy atom. The summed E-state index contributed by atoms with van der Waals surface area (Å²) in [5, 5.41) is 6.65. The standard InChI is InChI=1S/C18H18ClN3O3/c1-2-25-14-9-7-13(8-10-14)11-21-22-17(23)12-20-18(24)15-5-3-4-6-16(15)19/h3-11H,2,12H2,1H3,(H,20,24)(H,22,23). The van der Waals surface area contributed by atoms with Crippen molar-refractivity contribution in [3.8, 4) is 5.75 Å². The fraction of sp³-hybridized carbons (Fsp3) is 0.167. The Hall–Kier alpha value is -2.86. The van der Waals surface area contributed by atoms with Crippen LogP contribution in [0.25, 0.3) is 0 Å². The van der Waals surface area contributed by atoms with Gasteiger partial charge in [-0.25, -0.2) is 5.43 Å². The van der Waals surface area contributed by atoms with Crippen LogP contribution in [-0.2, 0) is 4.79 Å². The number of nitrogens with one attached hydrogen (secondary N) is 2. The van der Waals surface area contributed by atoms with Crippen molar-refractivity contribution in [3.05, 3.63) is 64.7 Å². The number of carbonyl (C=O) groups is 2. The van der Waals surface area contributed by atoms with Crippen LogP contribution in [0.3, 0.4) is 0 Å². The molecule has 0 fully saturated rings. The first-order valence-corrected chi connectivity index (χ1v) is 8.05. The van der Waals surface area contributed by atoms with E-state index in [9.17, 15) is 9.59 Å². The van der Waals surface area contributed by atoms with Crippen LogP contribution in [-0.4, -0.2) is 31.2 Å². The Morgan fingerprint density at radius 3 is 2.56 bits per heavy atom. The van der Waals surface area contributed by atoms with Crippen LogP contribution >= 0.6 is 11.6 Å². The molecule has 0 heterocycles. The van der Waals surface area contributed by atoms with Crippen molar-refractivity contribution in [2.24, 2.45) is 5.10 Å². The smallest absolute Gasteiger partial charge is 0.259 e. The molecule has 0 aliphatic heterocycles. The number of hydrazone groups is 1. The summed E-state index contributed by atoms with van der Waals surface area (Å²) in [6, 6.07) is 13.9. The lowest BCUT2D eigenvalue weighted by Crippen LogP contribution is -2.35. The second-order valence-corrected chi connectivity index (χ2v) is 5.36. The van der Waals surface area contributed by atoms with E-state index in [1.807, 2.05) is 31.2 Å². The fourth-order valence-electron chi connectivity index (χ4n) is 1.94. The molecule has 0 radical (unpaired) electrons. The molecular weight excluding hydrogens is 342 g/mol. The van der Waals surface area contributed by atoms with Gasteiger partial charge in [-0.2, -0.15) is 5.10 Å². The highest BCUT2D eigenvalue weighted by atomic mass is 35.5. The van der Waals surface area contributed by atoms with E-state index >= 15 is 0 Å². The molecule has 0 unspecified atom stereocenters. The number of carbonyl (C=O) groups excluding carboxylic acids is 2. The van der Waals surface area contributed by atoms with E-state index in [1.54, 1.807) is 24.3 Å². The molecule has 0 aromatic heterocycles. The third-order valence-corrected chi connectivity index (χ3v) is 3.45. The Morgan fingerprint density at radius 1 is 1.16 bits per heavy atom. The second kappa shape index (κ2) is 9.44. The van der Waals surface area contributed by atoms with Crippen molar-refractivity contribution in [2.75, 3.05) is 13.2 Å². The van der Waals surface area contributed by atoms with Crippen LogP contribution in [0.15, 0.2) is 53.6 Å². The first-order valence-electron chi connectivity index (χ1n) is 7.67. The molecule has 0 saturated heterocycles. The normalized spacial score (nSPS) is 10.5. The molecule has 0 aliphatic carbocycles. The maximum atomic E-state index is 11.9. The van der Waals surface area contributed by atoms with E-state index < -0.39 is 11.8 Å². The number of benzene rings is 2. The van der Waals surface area contributed by atoms with Crippen LogP contribution in [0.5, 0.6) is 5.75 Å². The molecule has 2 rings (SSSR count). The molecule has 2 aromatic rings. The summed E-state index contributed by atoms with van der Waals surface area (Å²) < 4.78 is 5.34. The van der Waals surface area contributed by atoms with Crippen molar-refractivity contribution >= 4 is 29.6 Å². The Bertz CT molecular complexity index is 760. The summed E-state index contributed by atoms with van der Waals surface area (Å²) in [5.41, 5.74) is 3.47. The maximum Gasteiger partial charge on any atom is 0.259 e. The predicted octanol–water partition coefficient (Wildman–Crippen LogP) is 2.62. The molecule has 7 heteroatoms. The summed E-state index contributed by atoms with van der Waals surface area (Å²) in [5.74, 6) is -0.0928. The van der Waals surface area contributed by atoms with Crippen LogP contribution in [0.2, 0.25) is 5.02 Å². The van der Waals surface area contributed by atoms with Gasteiger partial charge in [-0.1, -0.05) is 23.7 Å². The van der Waals surface area contributed by atoms with Gasteiger partial charge in [0.15, 0.2) is 0 Å². The molecular formula is C18H18ClN3O3. The highest BCUT2D eigenvalue weighted by molar-refractivity contribution is 6.33. The summed E-state index contributed by atoms with van der Waals surface area (Å²) in [6.07, 6.45) is 1.50. The first kappa shape index (κ1) is 18.5. The summed E-state index contributed by atoms with van der Waals surface area (Å²) in [7, 11) is 0. The number of rotatable bonds is 7. The van der Waals surface area contributed by atoms with Gasteiger partial charge in [0.1, 0.15) is 5.75 Å². The summed E-state index contributed by atoms with van der Waals surface area (Å²) in [4.78, 5) is 23.6. The lowest BCUT2D eigenvalue weighted by molar-refractivity contribution is -0.120. The molecule has 6 nitrogen and oxygen atoms in total. The van der Waals surface area contributed by atoms with Gasteiger partial charge >= 0.3 is 0 Å². The minimum absolute atomic E-state index is 0.204. The lowest BCUT2D eigenvalue weighted by atomic mass is 10.2. The van der Waals surface area contributed by atoms with Crippen LogP contribution in [0.1, 0.15) is 22.8 Å². The fourth-order valence-corrected chi connectivity index (χ4v) is 2.16. The van der Waals surface area contributed by atoms with Crippen LogP contribution in [0, 0.1) is 0 Å². The zero-order valence-corrected chi connectivity index (χ0v) is 14.4. The van der Waals surface area contributed by atoms with Crippen LogP contribution < -0.4 is 15.5 Å². The average molecular weight is 360 g/mol. The number of halogens is 1. The topological polar surface area (TPSA) is 79.8 Å². The molecule has 0 saturated carbocycles. The molecule has 2 aromatic carbocycles. The molecule has 0 atom stereocenters. The third-order valence-electron chi connectivity index (χ3n) is 3.12. The van der Waals surface area contributed by atoms with Gasteiger partial charge in [-0.05, 0) is 48.9 Å². The van der Waals surface area contributed by atoms with Crippen molar-refractivity contribution in [1.82, 2.24) is 10.7 Å². The molecule has 130 valence electrons. The minimum atomic E-state index is -0.442. The highest BCUT2D eigenvalue weighted by Gasteiger charge is 2.10. The van der Waals surface area contributed by atoms with E-state index in [2.05, 4.69) is 15.8 Å². The molecule has 0 bridgehead atoms. The van der Waals surface area contributed by atoms with Crippen LogP contribution in [0.4, 0.5) is 0 Å². The number of amides is 2. The van der Waals surface area contributed by atoms with E-state index in [1.165, 1.54) is 6.21 Å². The number of hydrogen-bond donors (Lipinski definition) is 2. The molecule has 2 amide bonds. The Kier molecular flexibility index (Phi) is 6.98. The zero-order valence-electron chi connectivity index (χ0n) is 13.7. The maximum absolute atomic E-state index is 11.9. The zero-order chi connectivity index (χ0) is 18.1. The van der Waals surface area contributed by atoms with Crippen molar-refractivity contribution in [3.63, 3.8) is 0 Å². The minimum Gasteiger partial charge on any atom is -0.494 e. The second-order valence-electron chi connectivity index (χ2n) is 4.96. The summed E-state index contributed by atoms with van der Waals surface area (Å²) in [6.45, 7) is 2.31. The molecule has 25 heavy (non-hydrogen) atoms. The van der Waals surface area contributed by atoms with Crippen molar-refractivity contribution < 1.29 is 14.3 Å². The SMILES string of the molecule is CCOc1ccc(C=NNC(=O)CNC(=O)c2ccccc2Cl)cc1. The molecule has 2 N–H and O–H groups in total. The van der Waals surface area contributed by atoms with E-state index in [0.29, 0.717) is 17.2 Å². The monoisotopic (exact) mass is 359 g/mol. The van der Waals surface area contributed by atoms with Gasteiger partial charge < -0.3 is 10.1 Å². The lowest BCUT2D eigenvalue weighted by Gasteiger charge is -2.05. The van der Waals surface area contributed by atoms with Gasteiger partial charge in [0.25, 0.3) is 11.8 Å². The third kappa shape index (κ3) is 5.93. The average Bonchev–Trinajstić information content (AvgIpc) is 2.62. The van der Waals surface area contributed by atoms with E-state index in [0.717, 1.165) is 11.3 Å². The number of nitrogens with zero attached hydrogens (tertiary/aromatic N) is 1. The van der Waals surface area contributed by atoms with E-state index in [-0.39, 0.29) is 6.54 Å². The van der Waals surface area contributed by atoms with Crippen molar-refractivity contribution in [2.45, 2.75) is 6.92 Å². The van der Waals surface area contributed by atoms with Crippen molar-refractivity contribution in [1.29, 1.82) is 0 Å². The number of ether oxygens (including phenoxy) is 1. The largest absolute Gasteiger partial charge is 0.494 e. The van der Waals surface area contributed by atoms with Gasteiger partial charge in [0.2, 0.25) is 0 Å². The Balaban J connectivity index is 1.78. The molecule has 0 spiro atoms. The van der Waals surface area contributed by atoms with Gasteiger partial charge in [0.05, 0.1) is 30.0 Å². The van der Waals surface area contributed by atoms with E-state index in [4.69, 9.17) is 16.3 Å². The first-order chi connectivity index (χ1) is 12.1. The quantitative estimate of drug-likeness (QED) is 0.589. The highest BCUT2D eigenvalue weighted by Crippen LogP contribution is 2.14. The molecule has 0 aliphatic rings. The number of hydrogen-bond acceptors (Lipinski definition) is 4. The van der Waals surface area contributed by atoms with Gasteiger partial charge in [-0.3, -0.25) is 9.59 Å². The summed E-state index contributed by atoms with van der Waals surface area (Å²) >= 11 is 5.92. The van der Waals surface area contributed by atoms with Gasteiger partial charge in [0, 0.05) is 0 Å². The van der Waals surface area contributed by atoms with Gasteiger partial charge in [-0.15, -0.1) is 0 Å². The Labute approximate surface area is 150 Å².